The van der Waals surface area contributed by atoms with Crippen LogP contribution in [-0.4, -0.2) is 11.2 Å². The molecule has 0 aliphatic heterocycles. The van der Waals surface area contributed by atoms with E-state index < -0.39 is 0 Å². The lowest BCUT2D eigenvalue weighted by atomic mass is 10.1. The second kappa shape index (κ2) is 7.84. The van der Waals surface area contributed by atoms with E-state index in [9.17, 15) is 10.0 Å². The van der Waals surface area contributed by atoms with Crippen LogP contribution in [0.1, 0.15) is 19.4 Å². The number of benzene rings is 1. The van der Waals surface area contributed by atoms with Crippen LogP contribution >= 0.6 is 11.8 Å². The lowest BCUT2D eigenvalue weighted by Gasteiger charge is -2.19. The second-order valence-corrected chi connectivity index (χ2v) is 6.53. The quantitative estimate of drug-likeness (QED) is 0.657. The highest BCUT2D eigenvalue weighted by molar-refractivity contribution is 7.99. The highest BCUT2D eigenvalue weighted by Crippen LogP contribution is 2.25. The predicted octanol–water partition coefficient (Wildman–Crippen LogP) is 3.22. The van der Waals surface area contributed by atoms with Crippen LogP contribution in [0.15, 0.2) is 54.9 Å². The summed E-state index contributed by atoms with van der Waals surface area (Å²) in [6, 6.07) is 13.4. The summed E-state index contributed by atoms with van der Waals surface area (Å²) in [5.41, 5.74) is 1.72. The maximum atomic E-state index is 12.4. The molecule has 1 N–H and O–H groups in total. The summed E-state index contributed by atoms with van der Waals surface area (Å²) in [5.74, 6) is 0.923. The topological polar surface area (TPSA) is 56.0 Å². The van der Waals surface area contributed by atoms with E-state index in [1.165, 1.54) is 18.0 Å². The number of carbonyl (C=O) groups excluding carboxylic acids is 1. The molecule has 1 atom stereocenters. The van der Waals surface area contributed by atoms with Gasteiger partial charge in [-0.3, -0.25) is 4.79 Å². The first kappa shape index (κ1) is 16.4. The van der Waals surface area contributed by atoms with Crippen LogP contribution in [0.3, 0.4) is 0 Å². The van der Waals surface area contributed by atoms with Crippen molar-refractivity contribution in [2.45, 2.75) is 24.9 Å². The molecule has 22 heavy (non-hydrogen) atoms. The third-order valence-electron chi connectivity index (χ3n) is 3.18. The average molecular weight is 316 g/mol. The van der Waals surface area contributed by atoms with Gasteiger partial charge in [-0.05, 0) is 17.5 Å². The van der Waals surface area contributed by atoms with Gasteiger partial charge in [0.05, 0.1) is 5.25 Å². The summed E-state index contributed by atoms with van der Waals surface area (Å²) in [6.07, 6.45) is 2.75. The van der Waals surface area contributed by atoms with Crippen molar-refractivity contribution >= 4 is 23.4 Å². The molecule has 1 heterocycles. The molecule has 5 heteroatoms. The van der Waals surface area contributed by atoms with Crippen molar-refractivity contribution < 1.29 is 9.52 Å². The highest BCUT2D eigenvalue weighted by Gasteiger charge is 2.23. The maximum absolute atomic E-state index is 12.4. The molecule has 0 spiro atoms. The zero-order valence-corrected chi connectivity index (χ0v) is 13.5. The number of thioether (sulfide) groups is 1. The molecule has 1 aromatic carbocycles. The fraction of sp³-hybridized carbons (Fsp3) is 0.294. The average Bonchev–Trinajstić information content (AvgIpc) is 2.48. The molecule has 2 aromatic rings. The minimum absolute atomic E-state index is 0.0675. The van der Waals surface area contributed by atoms with E-state index in [2.05, 4.69) is 17.4 Å². The highest BCUT2D eigenvalue weighted by atomic mass is 32.2. The number of hydrogen-bond donors (Lipinski definition) is 1. The van der Waals surface area contributed by atoms with Crippen molar-refractivity contribution in [3.05, 3.63) is 65.6 Å². The standard InChI is InChI=1S/C17H20N2O2S/c1-13(2)16(22-12-14-7-4-3-5-8-14)17(20)18-15-9-6-10-19(21)11-15/h3-11,13,16H,12H2,1-2H3,(H,18,20). The van der Waals surface area contributed by atoms with Gasteiger partial charge < -0.3 is 10.5 Å². The minimum Gasteiger partial charge on any atom is -0.619 e. The van der Waals surface area contributed by atoms with Crippen LogP contribution in [-0.2, 0) is 10.5 Å². The first-order chi connectivity index (χ1) is 10.6. The Morgan fingerprint density at radius 1 is 1.23 bits per heavy atom. The fourth-order valence-electron chi connectivity index (χ4n) is 2.07. The molecule has 1 aromatic heterocycles. The summed E-state index contributed by atoms with van der Waals surface area (Å²) in [6.45, 7) is 4.06. The Labute approximate surface area is 135 Å². The van der Waals surface area contributed by atoms with Gasteiger partial charge >= 0.3 is 0 Å². The van der Waals surface area contributed by atoms with Gasteiger partial charge in [-0.2, -0.15) is 4.73 Å². The molecule has 0 saturated carbocycles. The van der Waals surface area contributed by atoms with Crippen molar-refractivity contribution in [1.82, 2.24) is 0 Å². The number of hydrogen-bond acceptors (Lipinski definition) is 3. The van der Waals surface area contributed by atoms with Crippen LogP contribution in [0.25, 0.3) is 0 Å². The van der Waals surface area contributed by atoms with Crippen molar-refractivity contribution in [2.75, 3.05) is 5.32 Å². The maximum Gasteiger partial charge on any atom is 0.237 e. The Kier molecular flexibility index (Phi) is 5.83. The van der Waals surface area contributed by atoms with Gasteiger partial charge in [0.15, 0.2) is 6.20 Å². The van der Waals surface area contributed by atoms with Crippen LogP contribution in [0, 0.1) is 11.1 Å². The lowest BCUT2D eigenvalue weighted by molar-refractivity contribution is -0.604. The van der Waals surface area contributed by atoms with Gasteiger partial charge in [0.25, 0.3) is 0 Å². The second-order valence-electron chi connectivity index (χ2n) is 5.40. The molecule has 2 rings (SSSR count). The Hall–Kier alpha value is -2.01. The summed E-state index contributed by atoms with van der Waals surface area (Å²) in [7, 11) is 0. The van der Waals surface area contributed by atoms with E-state index in [0.717, 1.165) is 5.75 Å². The Morgan fingerprint density at radius 3 is 2.59 bits per heavy atom. The first-order valence-corrected chi connectivity index (χ1v) is 8.26. The van der Waals surface area contributed by atoms with E-state index in [0.29, 0.717) is 10.4 Å². The van der Waals surface area contributed by atoms with Crippen molar-refractivity contribution in [3.8, 4) is 0 Å². The zero-order valence-electron chi connectivity index (χ0n) is 12.7. The van der Waals surface area contributed by atoms with Crippen LogP contribution in [0.2, 0.25) is 0 Å². The van der Waals surface area contributed by atoms with Crippen LogP contribution in [0.5, 0.6) is 0 Å². The third-order valence-corrected chi connectivity index (χ3v) is 4.80. The third kappa shape index (κ3) is 4.77. The number of rotatable bonds is 6. The number of amides is 1. The number of anilines is 1. The summed E-state index contributed by atoms with van der Waals surface area (Å²) in [5, 5.41) is 13.9. The Morgan fingerprint density at radius 2 is 1.95 bits per heavy atom. The molecular weight excluding hydrogens is 296 g/mol. The molecule has 0 radical (unpaired) electrons. The number of aromatic nitrogens is 1. The molecule has 1 amide bonds. The fourth-order valence-corrected chi connectivity index (χ4v) is 3.23. The predicted molar refractivity (Wildman–Crippen MR) is 90.4 cm³/mol. The summed E-state index contributed by atoms with van der Waals surface area (Å²) >= 11 is 1.62. The molecule has 0 aliphatic carbocycles. The first-order valence-electron chi connectivity index (χ1n) is 7.21. The van der Waals surface area contributed by atoms with Crippen molar-refractivity contribution in [3.63, 3.8) is 0 Å². The minimum atomic E-state index is -0.166. The van der Waals surface area contributed by atoms with E-state index in [4.69, 9.17) is 0 Å². The number of carbonyl (C=O) groups is 1. The SMILES string of the molecule is CC(C)C(SCc1ccccc1)C(=O)Nc1ccc[n+]([O-])c1. The Bertz CT molecular complexity index is 617. The van der Waals surface area contributed by atoms with Crippen LogP contribution < -0.4 is 10.0 Å². The zero-order chi connectivity index (χ0) is 15.9. The monoisotopic (exact) mass is 316 g/mol. The number of pyridine rings is 1. The van der Waals surface area contributed by atoms with Gasteiger partial charge in [0.1, 0.15) is 5.69 Å². The number of nitrogens with one attached hydrogen (secondary N) is 1. The summed E-state index contributed by atoms with van der Waals surface area (Å²) < 4.78 is 0.678. The van der Waals surface area contributed by atoms with E-state index in [1.807, 2.05) is 32.0 Å². The molecule has 4 nitrogen and oxygen atoms in total. The number of nitrogens with zero attached hydrogens (tertiary/aromatic N) is 1. The molecule has 0 bridgehead atoms. The largest absolute Gasteiger partial charge is 0.619 e. The Balaban J connectivity index is 1.99. The molecule has 116 valence electrons. The normalized spacial score (nSPS) is 12.1. The van der Waals surface area contributed by atoms with E-state index in [-0.39, 0.29) is 17.1 Å². The van der Waals surface area contributed by atoms with E-state index >= 15 is 0 Å². The van der Waals surface area contributed by atoms with Crippen molar-refractivity contribution in [1.29, 1.82) is 0 Å². The lowest BCUT2D eigenvalue weighted by Crippen LogP contribution is -2.31. The van der Waals surface area contributed by atoms with Gasteiger partial charge in [0, 0.05) is 11.8 Å². The van der Waals surface area contributed by atoms with Gasteiger partial charge in [-0.15, -0.1) is 11.8 Å². The molecule has 0 saturated heterocycles. The molecule has 1 unspecified atom stereocenters. The van der Waals surface area contributed by atoms with Gasteiger partial charge in [0.2, 0.25) is 12.1 Å². The molecular formula is C17H20N2O2S. The smallest absolute Gasteiger partial charge is 0.237 e. The van der Waals surface area contributed by atoms with Gasteiger partial charge in [-0.25, -0.2) is 0 Å². The van der Waals surface area contributed by atoms with Crippen molar-refractivity contribution in [2.24, 2.45) is 5.92 Å². The van der Waals surface area contributed by atoms with Crippen LogP contribution in [0.4, 0.5) is 5.69 Å². The molecule has 0 aliphatic rings. The molecule has 0 fully saturated rings. The summed E-state index contributed by atoms with van der Waals surface area (Å²) in [4.78, 5) is 12.4. The van der Waals surface area contributed by atoms with E-state index in [1.54, 1.807) is 23.9 Å². The van der Waals surface area contributed by atoms with Gasteiger partial charge in [-0.1, -0.05) is 44.2 Å².